The minimum Gasteiger partial charge on any atom is -0.447 e. The Morgan fingerprint density at radius 1 is 1.38 bits per heavy atom. The Morgan fingerprint density at radius 2 is 2.17 bits per heavy atom. The number of hydrogen-bond acceptors (Lipinski definition) is 4. The molecule has 6 nitrogen and oxygen atoms in total. The Kier molecular flexibility index (Phi) is 3.30. The van der Waals surface area contributed by atoms with Crippen LogP contribution in [0.1, 0.15) is 51.2 Å². The van der Waals surface area contributed by atoms with Crippen LogP contribution < -0.4 is 11.0 Å². The molecule has 0 aliphatic heterocycles. The molecule has 0 atom stereocenters. The molecule has 0 spiro atoms. The molecule has 3 aromatic rings. The number of hydrogen-bond donors (Lipinski definition) is 2. The molecule has 1 aromatic carbocycles. The lowest BCUT2D eigenvalue weighted by atomic mass is 9.93. The second-order valence-electron chi connectivity index (χ2n) is 7.49. The molecular formula is C18H22N4O2. The molecule has 6 heteroatoms. The van der Waals surface area contributed by atoms with Crippen LogP contribution in [-0.2, 0) is 12.0 Å². The van der Waals surface area contributed by atoms with Gasteiger partial charge >= 0.3 is 5.69 Å². The van der Waals surface area contributed by atoms with Crippen LogP contribution >= 0.6 is 0 Å². The van der Waals surface area contributed by atoms with Gasteiger partial charge in [0.2, 0.25) is 5.89 Å². The van der Waals surface area contributed by atoms with Gasteiger partial charge in [-0.15, -0.1) is 0 Å². The Morgan fingerprint density at radius 3 is 2.83 bits per heavy atom. The first-order chi connectivity index (χ1) is 11.4. The van der Waals surface area contributed by atoms with Crippen molar-refractivity contribution in [2.75, 3.05) is 5.32 Å². The van der Waals surface area contributed by atoms with E-state index in [1.165, 1.54) is 0 Å². The molecule has 0 unspecified atom stereocenters. The van der Waals surface area contributed by atoms with E-state index < -0.39 is 0 Å². The van der Waals surface area contributed by atoms with E-state index in [4.69, 9.17) is 4.42 Å². The van der Waals surface area contributed by atoms with Gasteiger partial charge in [-0.1, -0.05) is 20.8 Å². The average Bonchev–Trinajstić information content (AvgIpc) is 3.11. The topological polar surface area (TPSA) is 75.8 Å². The lowest BCUT2D eigenvalue weighted by Gasteiger charge is -2.13. The summed E-state index contributed by atoms with van der Waals surface area (Å²) in [5.41, 5.74) is 3.69. The van der Waals surface area contributed by atoms with E-state index in [9.17, 15) is 4.79 Å². The molecule has 0 amide bonds. The van der Waals surface area contributed by atoms with Crippen molar-refractivity contribution in [3.8, 4) is 0 Å². The molecule has 2 heterocycles. The first-order valence-corrected chi connectivity index (χ1v) is 8.35. The van der Waals surface area contributed by atoms with E-state index in [0.717, 1.165) is 35.3 Å². The smallest absolute Gasteiger partial charge is 0.326 e. The molecule has 24 heavy (non-hydrogen) atoms. The fraction of sp³-hybridized carbons (Fsp3) is 0.444. The number of rotatable bonds is 4. The fourth-order valence-electron chi connectivity index (χ4n) is 2.84. The highest BCUT2D eigenvalue weighted by Crippen LogP contribution is 2.36. The van der Waals surface area contributed by atoms with Crippen LogP contribution in [0.25, 0.3) is 11.0 Å². The number of aromatic nitrogens is 3. The summed E-state index contributed by atoms with van der Waals surface area (Å²) in [4.78, 5) is 19.5. The normalized spacial score (nSPS) is 15.1. The second kappa shape index (κ2) is 5.26. The minimum atomic E-state index is -0.0217. The number of imidazole rings is 1. The molecule has 1 aliphatic rings. The van der Waals surface area contributed by atoms with Gasteiger partial charge in [0, 0.05) is 17.1 Å². The number of oxazole rings is 1. The zero-order valence-corrected chi connectivity index (χ0v) is 14.2. The summed E-state index contributed by atoms with van der Waals surface area (Å²) in [6, 6.07) is 6.26. The molecular weight excluding hydrogens is 304 g/mol. The number of fused-ring (bicyclic) bond motifs is 1. The van der Waals surface area contributed by atoms with Crippen LogP contribution in [0.4, 0.5) is 5.69 Å². The highest BCUT2D eigenvalue weighted by Gasteiger charge is 2.27. The number of nitrogens with zero attached hydrogens (tertiary/aromatic N) is 2. The molecule has 2 N–H and O–H groups in total. The van der Waals surface area contributed by atoms with Crippen LogP contribution in [0.15, 0.2) is 33.7 Å². The summed E-state index contributed by atoms with van der Waals surface area (Å²) >= 11 is 0. The molecule has 1 saturated carbocycles. The van der Waals surface area contributed by atoms with E-state index >= 15 is 0 Å². The van der Waals surface area contributed by atoms with Gasteiger partial charge in [-0.25, -0.2) is 9.78 Å². The third-order valence-electron chi connectivity index (χ3n) is 4.39. The van der Waals surface area contributed by atoms with Crippen LogP contribution in [-0.4, -0.2) is 14.5 Å². The third-order valence-corrected chi connectivity index (χ3v) is 4.39. The van der Waals surface area contributed by atoms with Gasteiger partial charge in [-0.05, 0) is 31.0 Å². The average molecular weight is 326 g/mol. The molecule has 0 bridgehead atoms. The van der Waals surface area contributed by atoms with Gasteiger partial charge < -0.3 is 14.7 Å². The molecule has 0 radical (unpaired) electrons. The molecule has 1 fully saturated rings. The number of nitrogens with one attached hydrogen (secondary N) is 2. The number of anilines is 1. The maximum absolute atomic E-state index is 12.1. The van der Waals surface area contributed by atoms with Gasteiger partial charge in [0.1, 0.15) is 6.26 Å². The van der Waals surface area contributed by atoms with Crippen LogP contribution in [0.2, 0.25) is 0 Å². The molecule has 2 aromatic heterocycles. The predicted molar refractivity (Wildman–Crippen MR) is 93.4 cm³/mol. The first kappa shape index (κ1) is 15.1. The quantitative estimate of drug-likeness (QED) is 0.768. The summed E-state index contributed by atoms with van der Waals surface area (Å²) in [5.74, 6) is 0.661. The van der Waals surface area contributed by atoms with Crippen molar-refractivity contribution in [3.05, 3.63) is 46.5 Å². The molecule has 1 aliphatic carbocycles. The van der Waals surface area contributed by atoms with Crippen LogP contribution in [0.3, 0.4) is 0 Å². The van der Waals surface area contributed by atoms with Gasteiger partial charge in [0.25, 0.3) is 0 Å². The van der Waals surface area contributed by atoms with Gasteiger partial charge in [0.15, 0.2) is 0 Å². The predicted octanol–water partition coefficient (Wildman–Crippen LogP) is 3.56. The van der Waals surface area contributed by atoms with Gasteiger partial charge in [-0.3, -0.25) is 4.57 Å². The zero-order chi connectivity index (χ0) is 16.9. The summed E-state index contributed by atoms with van der Waals surface area (Å²) in [5, 5.41) is 3.33. The monoisotopic (exact) mass is 326 g/mol. The second-order valence-corrected chi connectivity index (χ2v) is 7.49. The number of aromatic amines is 1. The van der Waals surface area contributed by atoms with Crippen molar-refractivity contribution in [1.29, 1.82) is 0 Å². The van der Waals surface area contributed by atoms with Crippen molar-refractivity contribution >= 4 is 16.7 Å². The molecule has 4 rings (SSSR count). The lowest BCUT2D eigenvalue weighted by molar-refractivity contribution is 0.499. The standard InChI is InChI=1S/C18H22N4O2/c1-18(2,3)15-10-24-16(21-15)9-19-11-4-7-13-14(8-11)22(12-5-6-12)17(23)20-13/h4,7-8,10,12,19H,5-6,9H2,1-3H3,(H,20,23). The van der Waals surface area contributed by atoms with E-state index in [1.807, 2.05) is 22.8 Å². The van der Waals surface area contributed by atoms with E-state index in [-0.39, 0.29) is 11.1 Å². The van der Waals surface area contributed by atoms with Crippen molar-refractivity contribution in [3.63, 3.8) is 0 Å². The Labute approximate surface area is 139 Å². The first-order valence-electron chi connectivity index (χ1n) is 8.35. The van der Waals surface area contributed by atoms with Gasteiger partial charge in [-0.2, -0.15) is 0 Å². The van der Waals surface area contributed by atoms with E-state index in [2.05, 4.69) is 36.1 Å². The molecule has 0 saturated heterocycles. The Hall–Kier alpha value is -2.50. The largest absolute Gasteiger partial charge is 0.447 e. The lowest BCUT2D eigenvalue weighted by Crippen LogP contribution is -2.15. The van der Waals surface area contributed by atoms with Gasteiger partial charge in [0.05, 0.1) is 23.3 Å². The highest BCUT2D eigenvalue weighted by molar-refractivity contribution is 5.79. The summed E-state index contributed by atoms with van der Waals surface area (Å²) in [6.07, 6.45) is 3.88. The summed E-state index contributed by atoms with van der Waals surface area (Å²) in [6.45, 7) is 6.84. The maximum atomic E-state index is 12.1. The van der Waals surface area contributed by atoms with Crippen molar-refractivity contribution < 1.29 is 4.42 Å². The Bertz CT molecular complexity index is 938. The maximum Gasteiger partial charge on any atom is 0.326 e. The van der Waals surface area contributed by atoms with Crippen molar-refractivity contribution in [2.24, 2.45) is 0 Å². The summed E-state index contributed by atoms with van der Waals surface area (Å²) in [7, 11) is 0. The van der Waals surface area contributed by atoms with E-state index in [0.29, 0.717) is 18.5 Å². The third kappa shape index (κ3) is 2.72. The van der Waals surface area contributed by atoms with Crippen molar-refractivity contribution in [1.82, 2.24) is 14.5 Å². The number of benzene rings is 1. The zero-order valence-electron chi connectivity index (χ0n) is 14.2. The van der Waals surface area contributed by atoms with Crippen LogP contribution in [0, 0.1) is 0 Å². The molecule has 126 valence electrons. The minimum absolute atomic E-state index is 0.0211. The van der Waals surface area contributed by atoms with E-state index in [1.54, 1.807) is 6.26 Å². The number of H-pyrrole nitrogens is 1. The van der Waals surface area contributed by atoms with Crippen LogP contribution in [0.5, 0.6) is 0 Å². The fourth-order valence-corrected chi connectivity index (χ4v) is 2.84. The summed E-state index contributed by atoms with van der Waals surface area (Å²) < 4.78 is 7.41. The van der Waals surface area contributed by atoms with Crippen molar-refractivity contribution in [2.45, 2.75) is 51.6 Å². The SMILES string of the molecule is CC(C)(C)c1coc(CNc2ccc3[nH]c(=O)n(C4CC4)c3c2)n1. The highest BCUT2D eigenvalue weighted by atomic mass is 16.3. The Balaban J connectivity index is 1.55.